The summed E-state index contributed by atoms with van der Waals surface area (Å²) < 4.78 is 28.7. The Hall–Kier alpha value is -1.96. The van der Waals surface area contributed by atoms with Gasteiger partial charge in [-0.3, -0.25) is 4.90 Å². The lowest BCUT2D eigenvalue weighted by molar-refractivity contribution is 0.288. The van der Waals surface area contributed by atoms with Gasteiger partial charge < -0.3 is 4.74 Å². The molecule has 26 heavy (non-hydrogen) atoms. The predicted octanol–water partition coefficient (Wildman–Crippen LogP) is 3.20. The number of rotatable bonds is 4. The number of nitrogens with zero attached hydrogens (tertiary/aromatic N) is 2. The number of pyridine rings is 1. The van der Waals surface area contributed by atoms with E-state index in [1.165, 1.54) is 0 Å². The summed E-state index contributed by atoms with van der Waals surface area (Å²) in [5.41, 5.74) is 3.00. The molecule has 136 valence electrons. The summed E-state index contributed by atoms with van der Waals surface area (Å²) in [6, 6.07) is 12.2. The zero-order chi connectivity index (χ0) is 18.1. The van der Waals surface area contributed by atoms with Crippen LogP contribution in [0, 0.1) is 0 Å². The number of methoxy groups -OCH3 is 1. The first-order valence-electron chi connectivity index (χ1n) is 8.48. The van der Waals surface area contributed by atoms with Gasteiger partial charge in [0.1, 0.15) is 5.75 Å². The zero-order valence-corrected chi connectivity index (χ0v) is 16.1. The quantitative estimate of drug-likeness (QED) is 0.687. The molecule has 7 heteroatoms. The van der Waals surface area contributed by atoms with Crippen LogP contribution in [0.25, 0.3) is 21.5 Å². The first-order chi connectivity index (χ1) is 12.5. The summed E-state index contributed by atoms with van der Waals surface area (Å²) in [5.74, 6) is 1.26. The Balaban J connectivity index is 1.73. The maximum atomic E-state index is 11.7. The molecule has 4 rings (SSSR count). The van der Waals surface area contributed by atoms with E-state index in [1.807, 2.05) is 29.6 Å². The first kappa shape index (κ1) is 17.5. The van der Waals surface area contributed by atoms with Gasteiger partial charge in [-0.15, -0.1) is 11.3 Å². The van der Waals surface area contributed by atoms with Crippen LogP contribution in [0.4, 0.5) is 0 Å². The number of thiophene rings is 1. The summed E-state index contributed by atoms with van der Waals surface area (Å²) >= 11 is 1.66. The third kappa shape index (κ3) is 3.60. The Bertz CT molecular complexity index is 1020. The molecule has 0 radical (unpaired) electrons. The minimum atomic E-state index is -2.87. The van der Waals surface area contributed by atoms with Crippen LogP contribution < -0.4 is 4.74 Å². The molecule has 0 atom stereocenters. The van der Waals surface area contributed by atoms with Crippen LogP contribution in [0.5, 0.6) is 5.75 Å². The second-order valence-corrected chi connectivity index (χ2v) is 9.71. The van der Waals surface area contributed by atoms with Crippen LogP contribution in [0.15, 0.2) is 41.8 Å². The van der Waals surface area contributed by atoms with Gasteiger partial charge >= 0.3 is 0 Å². The third-order valence-electron chi connectivity index (χ3n) is 4.69. The van der Waals surface area contributed by atoms with Crippen molar-refractivity contribution in [1.82, 2.24) is 9.88 Å². The lowest BCUT2D eigenvalue weighted by atomic mass is 10.1. The molecule has 1 aliphatic heterocycles. The van der Waals surface area contributed by atoms with Gasteiger partial charge in [-0.25, -0.2) is 13.4 Å². The minimum absolute atomic E-state index is 0.236. The minimum Gasteiger partial charge on any atom is -0.497 e. The Labute approximate surface area is 157 Å². The first-order valence-corrected chi connectivity index (χ1v) is 11.2. The molecule has 2 aromatic heterocycles. The summed E-state index contributed by atoms with van der Waals surface area (Å²) in [4.78, 5) is 8.22. The lowest BCUT2D eigenvalue weighted by Crippen LogP contribution is -2.39. The molecule has 1 aromatic carbocycles. The molecular formula is C19H20N2O3S2. The average Bonchev–Trinajstić information content (AvgIpc) is 3.17. The average molecular weight is 389 g/mol. The summed E-state index contributed by atoms with van der Waals surface area (Å²) in [5, 5.41) is 3.11. The van der Waals surface area contributed by atoms with Crippen LogP contribution >= 0.6 is 11.3 Å². The van der Waals surface area contributed by atoms with Gasteiger partial charge in [-0.2, -0.15) is 0 Å². The smallest absolute Gasteiger partial charge is 0.152 e. The highest BCUT2D eigenvalue weighted by Crippen LogP contribution is 2.31. The topological polar surface area (TPSA) is 59.5 Å². The maximum Gasteiger partial charge on any atom is 0.152 e. The number of fused-ring (bicyclic) bond motifs is 1. The van der Waals surface area contributed by atoms with Crippen LogP contribution in [-0.2, 0) is 16.4 Å². The summed E-state index contributed by atoms with van der Waals surface area (Å²) in [7, 11) is -1.22. The largest absolute Gasteiger partial charge is 0.497 e. The standard InChI is InChI=1S/C19H20N2O3S2/c1-24-16-5-4-14-11-15(13-21-6-9-26(22,23)10-7-21)19(20-17(14)12-16)18-3-2-8-25-18/h2-5,8,11-12H,6-7,9-10,13H2,1H3. The van der Waals surface area contributed by atoms with Crippen LogP contribution in [-0.4, -0.2) is 50.0 Å². The molecule has 0 bridgehead atoms. The number of benzene rings is 1. The van der Waals surface area contributed by atoms with E-state index in [0.717, 1.165) is 32.8 Å². The van der Waals surface area contributed by atoms with Crippen molar-refractivity contribution in [3.05, 3.63) is 47.3 Å². The van der Waals surface area contributed by atoms with Gasteiger partial charge in [0.2, 0.25) is 0 Å². The second kappa shape index (κ2) is 6.98. The Morgan fingerprint density at radius 1 is 1.19 bits per heavy atom. The summed E-state index contributed by atoms with van der Waals surface area (Å²) in [6.45, 7) is 1.86. The molecule has 0 amide bonds. The zero-order valence-electron chi connectivity index (χ0n) is 14.5. The molecule has 0 N–H and O–H groups in total. The number of hydrogen-bond donors (Lipinski definition) is 0. The number of ether oxygens (including phenoxy) is 1. The molecule has 0 aliphatic carbocycles. The van der Waals surface area contributed by atoms with Gasteiger partial charge in [0.05, 0.1) is 34.7 Å². The summed E-state index contributed by atoms with van der Waals surface area (Å²) in [6.07, 6.45) is 0. The number of aromatic nitrogens is 1. The highest BCUT2D eigenvalue weighted by Gasteiger charge is 2.23. The van der Waals surface area contributed by atoms with Crippen molar-refractivity contribution in [3.63, 3.8) is 0 Å². The molecule has 0 spiro atoms. The molecule has 5 nitrogen and oxygen atoms in total. The number of sulfone groups is 1. The van der Waals surface area contributed by atoms with Crippen LogP contribution in [0.3, 0.4) is 0 Å². The van der Waals surface area contributed by atoms with Crippen molar-refractivity contribution < 1.29 is 13.2 Å². The maximum absolute atomic E-state index is 11.7. The Morgan fingerprint density at radius 2 is 2.00 bits per heavy atom. The molecule has 3 aromatic rings. The van der Waals surface area contributed by atoms with Gasteiger partial charge in [-0.1, -0.05) is 6.07 Å². The molecular weight excluding hydrogens is 368 g/mol. The van der Waals surface area contributed by atoms with Gasteiger partial charge in [0.25, 0.3) is 0 Å². The van der Waals surface area contributed by atoms with E-state index in [0.29, 0.717) is 19.6 Å². The molecule has 3 heterocycles. The Morgan fingerprint density at radius 3 is 2.69 bits per heavy atom. The van der Waals surface area contributed by atoms with Crippen molar-refractivity contribution in [2.24, 2.45) is 0 Å². The highest BCUT2D eigenvalue weighted by molar-refractivity contribution is 7.91. The van der Waals surface area contributed by atoms with Crippen molar-refractivity contribution >= 4 is 32.1 Å². The fraction of sp³-hybridized carbons (Fsp3) is 0.316. The van der Waals surface area contributed by atoms with Crippen molar-refractivity contribution in [2.45, 2.75) is 6.54 Å². The van der Waals surface area contributed by atoms with E-state index >= 15 is 0 Å². The molecule has 1 fully saturated rings. The van der Waals surface area contributed by atoms with Gasteiger partial charge in [0.15, 0.2) is 9.84 Å². The van der Waals surface area contributed by atoms with Crippen LogP contribution in [0.1, 0.15) is 5.56 Å². The Kier molecular flexibility index (Phi) is 4.69. The number of hydrogen-bond acceptors (Lipinski definition) is 6. The van der Waals surface area contributed by atoms with E-state index in [2.05, 4.69) is 17.0 Å². The normalized spacial score (nSPS) is 17.4. The molecule has 0 unspecified atom stereocenters. The van der Waals surface area contributed by atoms with E-state index < -0.39 is 9.84 Å². The predicted molar refractivity (Wildman–Crippen MR) is 106 cm³/mol. The fourth-order valence-corrected chi connectivity index (χ4v) is 5.24. The lowest BCUT2D eigenvalue weighted by Gasteiger charge is -2.27. The monoisotopic (exact) mass is 388 g/mol. The second-order valence-electron chi connectivity index (χ2n) is 6.46. The van der Waals surface area contributed by atoms with E-state index in [9.17, 15) is 8.42 Å². The molecule has 1 aliphatic rings. The highest BCUT2D eigenvalue weighted by atomic mass is 32.2. The third-order valence-corrected chi connectivity index (χ3v) is 7.18. The van der Waals surface area contributed by atoms with Crippen molar-refractivity contribution in [3.8, 4) is 16.3 Å². The molecule has 1 saturated heterocycles. The van der Waals surface area contributed by atoms with Gasteiger partial charge in [-0.05, 0) is 35.2 Å². The fourth-order valence-electron chi connectivity index (χ4n) is 3.21. The van der Waals surface area contributed by atoms with Gasteiger partial charge in [0, 0.05) is 31.1 Å². The van der Waals surface area contributed by atoms with Crippen molar-refractivity contribution in [1.29, 1.82) is 0 Å². The van der Waals surface area contributed by atoms with E-state index in [-0.39, 0.29) is 11.5 Å². The van der Waals surface area contributed by atoms with E-state index in [1.54, 1.807) is 18.4 Å². The van der Waals surface area contributed by atoms with Crippen LogP contribution in [0.2, 0.25) is 0 Å². The van der Waals surface area contributed by atoms with Crippen molar-refractivity contribution in [2.75, 3.05) is 31.7 Å². The molecule has 0 saturated carbocycles. The SMILES string of the molecule is COc1ccc2cc(CN3CCS(=O)(=O)CC3)c(-c3cccs3)nc2c1. The van der Waals surface area contributed by atoms with E-state index in [4.69, 9.17) is 9.72 Å².